The van der Waals surface area contributed by atoms with Gasteiger partial charge in [0.25, 0.3) is 0 Å². The van der Waals surface area contributed by atoms with Gasteiger partial charge in [-0.25, -0.2) is 0 Å². The first kappa shape index (κ1) is 15.5. The van der Waals surface area contributed by atoms with Crippen molar-refractivity contribution in [2.75, 3.05) is 11.9 Å². The molecular formula is C15H20F3NS. The van der Waals surface area contributed by atoms with Crippen LogP contribution in [-0.4, -0.2) is 12.1 Å². The van der Waals surface area contributed by atoms with Crippen molar-refractivity contribution in [2.24, 2.45) is 5.92 Å². The van der Waals surface area contributed by atoms with Gasteiger partial charge in [0, 0.05) is 17.1 Å². The van der Waals surface area contributed by atoms with Gasteiger partial charge in [-0.3, -0.25) is 0 Å². The number of para-hydroxylation sites is 1. The molecule has 1 aromatic rings. The van der Waals surface area contributed by atoms with Crippen LogP contribution in [0.3, 0.4) is 0 Å². The maximum atomic E-state index is 12.5. The van der Waals surface area contributed by atoms with Gasteiger partial charge in [0.05, 0.1) is 0 Å². The summed E-state index contributed by atoms with van der Waals surface area (Å²) < 4.78 is 37.5. The number of nitrogens with one attached hydrogen (secondary N) is 1. The molecule has 0 atom stereocenters. The van der Waals surface area contributed by atoms with Crippen LogP contribution in [0.5, 0.6) is 0 Å². The van der Waals surface area contributed by atoms with E-state index in [0.717, 1.165) is 6.54 Å². The Bertz CT molecular complexity index is 412. The number of hydrogen-bond donors (Lipinski definition) is 1. The lowest BCUT2D eigenvalue weighted by Gasteiger charge is -2.18. The van der Waals surface area contributed by atoms with E-state index in [-0.39, 0.29) is 16.7 Å². The molecule has 1 aromatic carbocycles. The molecule has 0 radical (unpaired) electrons. The quantitative estimate of drug-likeness (QED) is 0.567. The van der Waals surface area contributed by atoms with E-state index in [1.165, 1.54) is 44.6 Å². The Morgan fingerprint density at radius 1 is 1.05 bits per heavy atom. The highest BCUT2D eigenvalue weighted by atomic mass is 32.2. The SMILES string of the molecule is FC(F)(F)Sc1ccccc1NCC1CCCCCC1. The zero-order valence-electron chi connectivity index (χ0n) is 11.4. The van der Waals surface area contributed by atoms with Gasteiger partial charge >= 0.3 is 5.51 Å². The molecule has 0 spiro atoms. The number of rotatable bonds is 4. The van der Waals surface area contributed by atoms with Crippen molar-refractivity contribution in [2.45, 2.75) is 48.9 Å². The Balaban J connectivity index is 1.94. The van der Waals surface area contributed by atoms with E-state index in [9.17, 15) is 13.2 Å². The summed E-state index contributed by atoms with van der Waals surface area (Å²) in [5.74, 6) is 0.585. The number of halogens is 3. The summed E-state index contributed by atoms with van der Waals surface area (Å²) in [5, 5.41) is 3.21. The third-order valence-electron chi connectivity index (χ3n) is 3.67. The average molecular weight is 303 g/mol. The summed E-state index contributed by atoms with van der Waals surface area (Å²) >= 11 is -0.0444. The first-order valence-electron chi connectivity index (χ1n) is 7.13. The molecule has 20 heavy (non-hydrogen) atoms. The van der Waals surface area contributed by atoms with Crippen LogP contribution in [0, 0.1) is 5.92 Å². The van der Waals surface area contributed by atoms with E-state index < -0.39 is 5.51 Å². The second-order valence-corrected chi connectivity index (χ2v) is 6.39. The lowest BCUT2D eigenvalue weighted by molar-refractivity contribution is -0.0327. The number of hydrogen-bond acceptors (Lipinski definition) is 2. The van der Waals surface area contributed by atoms with Gasteiger partial charge in [0.2, 0.25) is 0 Å². The van der Waals surface area contributed by atoms with Crippen molar-refractivity contribution in [3.05, 3.63) is 24.3 Å². The van der Waals surface area contributed by atoms with Gasteiger partial charge in [-0.2, -0.15) is 13.2 Å². The number of alkyl halides is 3. The van der Waals surface area contributed by atoms with E-state index in [1.807, 2.05) is 0 Å². The molecule has 112 valence electrons. The smallest absolute Gasteiger partial charge is 0.384 e. The predicted octanol–water partition coefficient (Wildman–Crippen LogP) is 5.68. The van der Waals surface area contributed by atoms with Gasteiger partial charge in [-0.1, -0.05) is 37.8 Å². The molecule has 0 amide bonds. The minimum Gasteiger partial charge on any atom is -0.384 e. The van der Waals surface area contributed by atoms with Gasteiger partial charge < -0.3 is 5.32 Å². The molecule has 1 nitrogen and oxygen atoms in total. The second-order valence-electron chi connectivity index (χ2n) is 5.28. The van der Waals surface area contributed by atoms with Gasteiger partial charge in [-0.15, -0.1) is 0 Å². The van der Waals surface area contributed by atoms with E-state index in [4.69, 9.17) is 0 Å². The zero-order chi connectivity index (χ0) is 14.4. The summed E-state index contributed by atoms with van der Waals surface area (Å²) in [7, 11) is 0. The maximum Gasteiger partial charge on any atom is 0.446 e. The minimum absolute atomic E-state index is 0.0444. The van der Waals surface area contributed by atoms with E-state index in [0.29, 0.717) is 11.6 Å². The Kier molecular flexibility index (Phi) is 5.64. The van der Waals surface area contributed by atoms with Crippen LogP contribution in [-0.2, 0) is 0 Å². The molecule has 1 aliphatic carbocycles. The third-order valence-corrected chi connectivity index (χ3v) is 4.48. The summed E-state index contributed by atoms with van der Waals surface area (Å²) in [6, 6.07) is 6.67. The molecule has 5 heteroatoms. The number of anilines is 1. The lowest BCUT2D eigenvalue weighted by Crippen LogP contribution is -2.14. The molecule has 1 N–H and O–H groups in total. The molecule has 1 aliphatic rings. The first-order valence-corrected chi connectivity index (χ1v) is 7.95. The van der Waals surface area contributed by atoms with Gasteiger partial charge in [0.1, 0.15) is 0 Å². The highest BCUT2D eigenvalue weighted by Crippen LogP contribution is 2.40. The fraction of sp³-hybridized carbons (Fsp3) is 0.600. The molecule has 0 heterocycles. The van der Waals surface area contributed by atoms with Crippen molar-refractivity contribution < 1.29 is 13.2 Å². The predicted molar refractivity (Wildman–Crippen MR) is 78.0 cm³/mol. The second kappa shape index (κ2) is 7.25. The maximum absolute atomic E-state index is 12.5. The van der Waals surface area contributed by atoms with Gasteiger partial charge in [0.15, 0.2) is 0 Å². The Hall–Kier alpha value is -0.840. The topological polar surface area (TPSA) is 12.0 Å². The Labute approximate surface area is 122 Å². The van der Waals surface area contributed by atoms with Crippen LogP contribution in [0.15, 0.2) is 29.2 Å². The largest absolute Gasteiger partial charge is 0.446 e. The zero-order valence-corrected chi connectivity index (χ0v) is 12.2. The molecular weight excluding hydrogens is 283 g/mol. The van der Waals surface area contributed by atoms with E-state index >= 15 is 0 Å². The molecule has 0 aliphatic heterocycles. The number of thioether (sulfide) groups is 1. The van der Waals surface area contributed by atoms with Crippen molar-refractivity contribution >= 4 is 17.4 Å². The van der Waals surface area contributed by atoms with Crippen LogP contribution >= 0.6 is 11.8 Å². The van der Waals surface area contributed by atoms with E-state index in [1.54, 1.807) is 18.2 Å². The summed E-state index contributed by atoms with van der Waals surface area (Å²) in [5.41, 5.74) is -3.64. The number of benzene rings is 1. The molecule has 1 fully saturated rings. The van der Waals surface area contributed by atoms with Crippen molar-refractivity contribution in [1.29, 1.82) is 0 Å². The van der Waals surface area contributed by atoms with Gasteiger partial charge in [-0.05, 0) is 42.7 Å². The molecule has 2 rings (SSSR count). The average Bonchev–Trinajstić information content (AvgIpc) is 2.64. The minimum atomic E-state index is -4.24. The normalized spacial score (nSPS) is 17.8. The lowest BCUT2D eigenvalue weighted by atomic mass is 10.0. The van der Waals surface area contributed by atoms with Crippen LogP contribution in [0.2, 0.25) is 0 Å². The first-order chi connectivity index (χ1) is 9.54. The van der Waals surface area contributed by atoms with Crippen LogP contribution < -0.4 is 5.32 Å². The standard InChI is InChI=1S/C15H20F3NS/c16-15(17,18)20-14-10-6-5-9-13(14)19-11-12-7-3-1-2-4-8-12/h5-6,9-10,12,19H,1-4,7-8,11H2. The third kappa shape index (κ3) is 5.27. The van der Waals surface area contributed by atoms with Crippen LogP contribution in [0.25, 0.3) is 0 Å². The Morgan fingerprint density at radius 3 is 2.35 bits per heavy atom. The fourth-order valence-electron chi connectivity index (χ4n) is 2.65. The monoisotopic (exact) mass is 303 g/mol. The Morgan fingerprint density at radius 2 is 1.70 bits per heavy atom. The summed E-state index contributed by atoms with van der Waals surface area (Å²) in [6.07, 6.45) is 7.42. The fourth-order valence-corrected chi connectivity index (χ4v) is 3.29. The summed E-state index contributed by atoms with van der Waals surface area (Å²) in [6.45, 7) is 0.773. The van der Waals surface area contributed by atoms with Crippen molar-refractivity contribution in [3.8, 4) is 0 Å². The molecule has 0 saturated heterocycles. The van der Waals surface area contributed by atoms with E-state index in [2.05, 4.69) is 5.32 Å². The highest BCUT2D eigenvalue weighted by molar-refractivity contribution is 8.00. The molecule has 1 saturated carbocycles. The van der Waals surface area contributed by atoms with Crippen molar-refractivity contribution in [3.63, 3.8) is 0 Å². The van der Waals surface area contributed by atoms with Crippen LogP contribution in [0.1, 0.15) is 38.5 Å². The highest BCUT2D eigenvalue weighted by Gasteiger charge is 2.30. The van der Waals surface area contributed by atoms with Crippen LogP contribution in [0.4, 0.5) is 18.9 Å². The molecule has 0 unspecified atom stereocenters. The summed E-state index contributed by atoms with van der Waals surface area (Å²) in [4.78, 5) is 0.258. The molecule has 0 aromatic heterocycles. The van der Waals surface area contributed by atoms with Crippen molar-refractivity contribution in [1.82, 2.24) is 0 Å². The molecule has 0 bridgehead atoms.